The Bertz CT molecular complexity index is 516. The van der Waals surface area contributed by atoms with E-state index in [4.69, 9.17) is 0 Å². The standard InChI is InChI=1S/C14H21N3O2/c1-4-9-16-13(18)8-7-12(15-16)14(19)17(10(2)3)11-5-6-11/h7-8,10-11H,4-6,9H2,1-3H3. The third-order valence-electron chi connectivity index (χ3n) is 3.25. The Morgan fingerprint density at radius 3 is 2.68 bits per heavy atom. The predicted octanol–water partition coefficient (Wildman–Crippen LogP) is 1.67. The summed E-state index contributed by atoms with van der Waals surface area (Å²) in [5.74, 6) is -0.0673. The van der Waals surface area contributed by atoms with Gasteiger partial charge in [0, 0.05) is 24.7 Å². The van der Waals surface area contributed by atoms with Gasteiger partial charge >= 0.3 is 0 Å². The Kier molecular flexibility index (Phi) is 4.02. The van der Waals surface area contributed by atoms with Crippen LogP contribution < -0.4 is 5.56 Å². The van der Waals surface area contributed by atoms with Crippen LogP contribution in [0.25, 0.3) is 0 Å². The SMILES string of the molecule is CCCn1nc(C(=O)N(C(C)C)C2CC2)ccc1=O. The highest BCUT2D eigenvalue weighted by atomic mass is 16.2. The minimum absolute atomic E-state index is 0.0673. The Morgan fingerprint density at radius 1 is 1.47 bits per heavy atom. The molecule has 0 saturated heterocycles. The number of carbonyl (C=O) groups is 1. The van der Waals surface area contributed by atoms with Crippen LogP contribution in [0.1, 0.15) is 50.5 Å². The third-order valence-corrected chi connectivity index (χ3v) is 3.25. The highest BCUT2D eigenvalue weighted by molar-refractivity contribution is 5.92. The van der Waals surface area contributed by atoms with Crippen molar-refractivity contribution in [3.8, 4) is 0 Å². The summed E-state index contributed by atoms with van der Waals surface area (Å²) in [7, 11) is 0. The second-order valence-corrected chi connectivity index (χ2v) is 5.32. The second kappa shape index (κ2) is 5.55. The largest absolute Gasteiger partial charge is 0.332 e. The molecule has 0 bridgehead atoms. The topological polar surface area (TPSA) is 55.2 Å². The van der Waals surface area contributed by atoms with Crippen molar-refractivity contribution < 1.29 is 4.79 Å². The fourth-order valence-electron chi connectivity index (χ4n) is 2.24. The molecule has 0 aliphatic heterocycles. The number of hydrogen-bond acceptors (Lipinski definition) is 3. The van der Waals surface area contributed by atoms with Crippen molar-refractivity contribution in [2.45, 2.75) is 58.7 Å². The van der Waals surface area contributed by atoms with E-state index in [0.29, 0.717) is 18.3 Å². The average Bonchev–Trinajstić information content (AvgIpc) is 3.16. The van der Waals surface area contributed by atoms with Crippen LogP contribution in [0.15, 0.2) is 16.9 Å². The molecule has 0 spiro atoms. The summed E-state index contributed by atoms with van der Waals surface area (Å²) >= 11 is 0. The average molecular weight is 263 g/mol. The normalized spacial score (nSPS) is 14.7. The quantitative estimate of drug-likeness (QED) is 0.812. The summed E-state index contributed by atoms with van der Waals surface area (Å²) in [4.78, 5) is 26.0. The zero-order chi connectivity index (χ0) is 14.0. The molecule has 0 aromatic carbocycles. The van der Waals surface area contributed by atoms with Crippen LogP contribution in [0.5, 0.6) is 0 Å². The fourth-order valence-corrected chi connectivity index (χ4v) is 2.24. The Labute approximate surface area is 113 Å². The first kappa shape index (κ1) is 13.8. The lowest BCUT2D eigenvalue weighted by Gasteiger charge is -2.26. The summed E-state index contributed by atoms with van der Waals surface area (Å²) in [6.45, 7) is 6.55. The van der Waals surface area contributed by atoms with E-state index in [1.165, 1.54) is 16.8 Å². The zero-order valence-corrected chi connectivity index (χ0v) is 11.8. The van der Waals surface area contributed by atoms with E-state index in [2.05, 4.69) is 5.10 Å². The van der Waals surface area contributed by atoms with E-state index in [0.717, 1.165) is 19.3 Å². The third kappa shape index (κ3) is 3.03. The van der Waals surface area contributed by atoms with E-state index < -0.39 is 0 Å². The van der Waals surface area contributed by atoms with Crippen molar-refractivity contribution in [3.05, 3.63) is 28.2 Å². The first-order chi connectivity index (χ1) is 9.04. The van der Waals surface area contributed by atoms with E-state index in [1.807, 2.05) is 25.7 Å². The van der Waals surface area contributed by atoms with Crippen molar-refractivity contribution >= 4 is 5.91 Å². The Morgan fingerprint density at radius 2 is 2.16 bits per heavy atom. The van der Waals surface area contributed by atoms with Gasteiger partial charge in [-0.2, -0.15) is 5.10 Å². The summed E-state index contributed by atoms with van der Waals surface area (Å²) < 4.78 is 1.37. The van der Waals surface area contributed by atoms with Gasteiger partial charge in [0.2, 0.25) is 0 Å². The van der Waals surface area contributed by atoms with Crippen LogP contribution >= 0.6 is 0 Å². The molecule has 0 atom stereocenters. The highest BCUT2D eigenvalue weighted by Gasteiger charge is 2.35. The molecule has 0 N–H and O–H groups in total. The van der Waals surface area contributed by atoms with Gasteiger partial charge in [-0.15, -0.1) is 0 Å². The summed E-state index contributed by atoms with van der Waals surface area (Å²) in [6, 6.07) is 3.48. The van der Waals surface area contributed by atoms with Crippen molar-refractivity contribution in [3.63, 3.8) is 0 Å². The lowest BCUT2D eigenvalue weighted by atomic mass is 10.2. The van der Waals surface area contributed by atoms with E-state index in [1.54, 1.807) is 0 Å². The van der Waals surface area contributed by atoms with Gasteiger partial charge in [0.25, 0.3) is 11.5 Å². The Hall–Kier alpha value is -1.65. The van der Waals surface area contributed by atoms with Crippen LogP contribution in [0.2, 0.25) is 0 Å². The van der Waals surface area contributed by atoms with E-state index in [-0.39, 0.29) is 17.5 Å². The molecule has 1 saturated carbocycles. The molecule has 1 amide bonds. The highest BCUT2D eigenvalue weighted by Crippen LogP contribution is 2.29. The van der Waals surface area contributed by atoms with Crippen molar-refractivity contribution in [2.75, 3.05) is 0 Å². The summed E-state index contributed by atoms with van der Waals surface area (Å²) in [5.41, 5.74) is 0.217. The molecule has 19 heavy (non-hydrogen) atoms. The van der Waals surface area contributed by atoms with Gasteiger partial charge in [0.15, 0.2) is 0 Å². The number of carbonyl (C=O) groups excluding carboxylic acids is 1. The molecule has 104 valence electrons. The molecule has 0 unspecified atom stereocenters. The number of aryl methyl sites for hydroxylation is 1. The van der Waals surface area contributed by atoms with Gasteiger partial charge in [0.05, 0.1) is 0 Å². The number of aromatic nitrogens is 2. The molecule has 1 aromatic rings. The first-order valence-corrected chi connectivity index (χ1v) is 6.95. The molecule has 1 heterocycles. The molecule has 1 fully saturated rings. The van der Waals surface area contributed by atoms with Crippen LogP contribution in [0, 0.1) is 0 Å². The minimum atomic E-state index is -0.152. The summed E-state index contributed by atoms with van der Waals surface area (Å²) in [6.07, 6.45) is 2.96. The van der Waals surface area contributed by atoms with E-state index >= 15 is 0 Å². The Balaban J connectivity index is 2.27. The van der Waals surface area contributed by atoms with Gasteiger partial charge in [0.1, 0.15) is 5.69 Å². The van der Waals surface area contributed by atoms with E-state index in [9.17, 15) is 9.59 Å². The van der Waals surface area contributed by atoms with Crippen LogP contribution in [-0.2, 0) is 6.54 Å². The number of rotatable bonds is 5. The molecule has 0 radical (unpaired) electrons. The smallest absolute Gasteiger partial charge is 0.274 e. The van der Waals surface area contributed by atoms with Gasteiger partial charge in [-0.3, -0.25) is 9.59 Å². The van der Waals surface area contributed by atoms with Gasteiger partial charge in [-0.05, 0) is 39.2 Å². The van der Waals surface area contributed by atoms with Crippen LogP contribution in [0.3, 0.4) is 0 Å². The van der Waals surface area contributed by atoms with Crippen LogP contribution in [-0.4, -0.2) is 32.7 Å². The molecule has 2 rings (SSSR count). The zero-order valence-electron chi connectivity index (χ0n) is 11.8. The molecule has 1 aliphatic carbocycles. The van der Waals surface area contributed by atoms with Crippen molar-refractivity contribution in [1.29, 1.82) is 0 Å². The molecule has 1 aromatic heterocycles. The molecule has 5 heteroatoms. The van der Waals surface area contributed by atoms with Gasteiger partial charge < -0.3 is 4.90 Å². The van der Waals surface area contributed by atoms with Crippen molar-refractivity contribution in [2.24, 2.45) is 0 Å². The summed E-state index contributed by atoms with van der Waals surface area (Å²) in [5, 5.41) is 4.19. The first-order valence-electron chi connectivity index (χ1n) is 6.95. The molecular formula is C14H21N3O2. The lowest BCUT2D eigenvalue weighted by molar-refractivity contribution is 0.0681. The second-order valence-electron chi connectivity index (χ2n) is 5.32. The number of amides is 1. The monoisotopic (exact) mass is 263 g/mol. The maximum atomic E-state index is 12.5. The van der Waals surface area contributed by atoms with Gasteiger partial charge in [-0.25, -0.2) is 4.68 Å². The van der Waals surface area contributed by atoms with Gasteiger partial charge in [-0.1, -0.05) is 6.92 Å². The molecular weight excluding hydrogens is 242 g/mol. The molecule has 1 aliphatic rings. The maximum absolute atomic E-state index is 12.5. The molecule has 5 nitrogen and oxygen atoms in total. The minimum Gasteiger partial charge on any atom is -0.332 e. The maximum Gasteiger partial charge on any atom is 0.274 e. The fraction of sp³-hybridized carbons (Fsp3) is 0.643. The van der Waals surface area contributed by atoms with Crippen molar-refractivity contribution in [1.82, 2.24) is 14.7 Å². The lowest BCUT2D eigenvalue weighted by Crippen LogP contribution is -2.40. The predicted molar refractivity (Wildman–Crippen MR) is 73.1 cm³/mol. The number of nitrogens with zero attached hydrogens (tertiary/aromatic N) is 3. The van der Waals surface area contributed by atoms with Crippen LogP contribution in [0.4, 0.5) is 0 Å². The number of hydrogen-bond donors (Lipinski definition) is 0.